The van der Waals surface area contributed by atoms with Crippen molar-refractivity contribution < 1.29 is 19.1 Å². The molecule has 1 heterocycles. The van der Waals surface area contributed by atoms with E-state index in [1.807, 2.05) is 6.92 Å². The van der Waals surface area contributed by atoms with Crippen molar-refractivity contribution in [3.63, 3.8) is 0 Å². The van der Waals surface area contributed by atoms with Gasteiger partial charge in [-0.25, -0.2) is 0 Å². The van der Waals surface area contributed by atoms with Crippen molar-refractivity contribution in [2.75, 3.05) is 0 Å². The van der Waals surface area contributed by atoms with Crippen LogP contribution in [0.1, 0.15) is 34.2 Å². The minimum Gasteiger partial charge on any atom is -0.481 e. The Morgan fingerprint density at radius 1 is 1.29 bits per heavy atom. The van der Waals surface area contributed by atoms with Gasteiger partial charge >= 0.3 is 5.97 Å². The molecule has 7 heteroatoms. The smallest absolute Gasteiger partial charge is 0.311 e. The van der Waals surface area contributed by atoms with Crippen LogP contribution in [-0.4, -0.2) is 23.0 Å². The van der Waals surface area contributed by atoms with Gasteiger partial charge in [-0.2, -0.15) is 0 Å². The lowest BCUT2D eigenvalue weighted by Crippen LogP contribution is -2.35. The third-order valence-corrected chi connectivity index (χ3v) is 4.25. The van der Waals surface area contributed by atoms with Crippen LogP contribution >= 0.6 is 23.2 Å². The fraction of sp³-hybridized carbons (Fsp3) is 0.294. The van der Waals surface area contributed by atoms with Gasteiger partial charge in [-0.3, -0.25) is 9.59 Å². The Morgan fingerprint density at radius 3 is 2.50 bits per heavy atom. The number of hydrogen-bond acceptors (Lipinski definition) is 3. The molecule has 2 N–H and O–H groups in total. The maximum atomic E-state index is 12.5. The van der Waals surface area contributed by atoms with Crippen LogP contribution in [0.15, 0.2) is 28.9 Å². The number of aryl methyl sites for hydroxylation is 1. The van der Waals surface area contributed by atoms with Gasteiger partial charge in [-0.05, 0) is 38.0 Å². The average molecular weight is 370 g/mol. The summed E-state index contributed by atoms with van der Waals surface area (Å²) < 4.78 is 5.18. The Labute approximate surface area is 149 Å². The van der Waals surface area contributed by atoms with E-state index in [2.05, 4.69) is 5.32 Å². The van der Waals surface area contributed by atoms with Crippen molar-refractivity contribution in [3.8, 4) is 0 Å². The first-order chi connectivity index (χ1) is 11.3. The standard InChI is InChI=1S/C17H17Cl2NO4/c1-9-8-24-14(7-15(21)22)16(9)17(23)20-10(2)6-11-12(18)4-3-5-13(11)19/h3-5,8,10H,6-7H2,1-2H3,(H,20,23)(H,21,22). The predicted molar refractivity (Wildman–Crippen MR) is 91.9 cm³/mol. The van der Waals surface area contributed by atoms with Crippen LogP contribution in [0.2, 0.25) is 10.0 Å². The number of amides is 1. The molecule has 1 amide bonds. The molecular formula is C17H17Cl2NO4. The van der Waals surface area contributed by atoms with E-state index < -0.39 is 5.97 Å². The van der Waals surface area contributed by atoms with Gasteiger partial charge in [0.1, 0.15) is 12.2 Å². The van der Waals surface area contributed by atoms with E-state index >= 15 is 0 Å². The molecule has 1 aromatic carbocycles. The summed E-state index contributed by atoms with van der Waals surface area (Å²) in [6, 6.07) is 4.98. The van der Waals surface area contributed by atoms with Crippen LogP contribution < -0.4 is 5.32 Å². The molecule has 2 rings (SSSR count). The maximum absolute atomic E-state index is 12.5. The van der Waals surface area contributed by atoms with Crippen LogP contribution in [0, 0.1) is 6.92 Å². The Bertz CT molecular complexity index is 750. The normalized spacial score (nSPS) is 12.0. The summed E-state index contributed by atoms with van der Waals surface area (Å²) >= 11 is 12.3. The number of carbonyl (C=O) groups excluding carboxylic acids is 1. The van der Waals surface area contributed by atoms with Crippen LogP contribution in [0.4, 0.5) is 0 Å². The topological polar surface area (TPSA) is 79.5 Å². The van der Waals surface area contributed by atoms with Gasteiger partial charge in [0, 0.05) is 21.7 Å². The Balaban J connectivity index is 2.12. The quantitative estimate of drug-likeness (QED) is 0.809. The zero-order valence-corrected chi connectivity index (χ0v) is 14.7. The van der Waals surface area contributed by atoms with Gasteiger partial charge < -0.3 is 14.8 Å². The molecule has 1 aromatic heterocycles. The SMILES string of the molecule is Cc1coc(CC(=O)O)c1C(=O)NC(C)Cc1c(Cl)cccc1Cl. The first-order valence-electron chi connectivity index (χ1n) is 7.32. The van der Waals surface area contributed by atoms with Crippen molar-refractivity contribution in [1.82, 2.24) is 5.32 Å². The van der Waals surface area contributed by atoms with Crippen LogP contribution in [0.5, 0.6) is 0 Å². The summed E-state index contributed by atoms with van der Waals surface area (Å²) in [6.07, 6.45) is 1.49. The first kappa shape index (κ1) is 18.4. The highest BCUT2D eigenvalue weighted by Crippen LogP contribution is 2.25. The largest absolute Gasteiger partial charge is 0.481 e. The number of rotatable bonds is 6. The molecule has 128 valence electrons. The maximum Gasteiger partial charge on any atom is 0.311 e. The molecule has 1 unspecified atom stereocenters. The molecule has 0 saturated heterocycles. The lowest BCUT2D eigenvalue weighted by atomic mass is 10.1. The highest BCUT2D eigenvalue weighted by Gasteiger charge is 2.22. The van der Waals surface area contributed by atoms with Gasteiger partial charge in [0.15, 0.2) is 0 Å². The zero-order valence-electron chi connectivity index (χ0n) is 13.2. The molecule has 0 saturated carbocycles. The molecule has 0 bridgehead atoms. The van der Waals surface area contributed by atoms with Crippen molar-refractivity contribution in [2.45, 2.75) is 32.7 Å². The molecule has 24 heavy (non-hydrogen) atoms. The molecule has 1 atom stereocenters. The number of benzene rings is 1. The van der Waals surface area contributed by atoms with Crippen molar-refractivity contribution >= 4 is 35.1 Å². The number of carbonyl (C=O) groups is 2. The minimum absolute atomic E-state index is 0.139. The number of furan rings is 1. The lowest BCUT2D eigenvalue weighted by Gasteiger charge is -2.16. The first-order valence-corrected chi connectivity index (χ1v) is 8.07. The van der Waals surface area contributed by atoms with Crippen molar-refractivity contribution in [2.24, 2.45) is 0 Å². The van der Waals surface area contributed by atoms with Gasteiger partial charge in [0.05, 0.1) is 11.8 Å². The number of halogens is 2. The summed E-state index contributed by atoms with van der Waals surface area (Å²) in [5.74, 6) is -1.30. The summed E-state index contributed by atoms with van der Waals surface area (Å²) in [7, 11) is 0. The van der Waals surface area contributed by atoms with Gasteiger partial charge in [-0.1, -0.05) is 29.3 Å². The monoisotopic (exact) mass is 369 g/mol. The molecular weight excluding hydrogens is 353 g/mol. The van der Waals surface area contributed by atoms with Crippen LogP contribution in [0.25, 0.3) is 0 Å². The van der Waals surface area contributed by atoms with E-state index in [1.165, 1.54) is 6.26 Å². The van der Waals surface area contributed by atoms with Gasteiger partial charge in [0.25, 0.3) is 5.91 Å². The number of carboxylic acids is 1. The van der Waals surface area contributed by atoms with E-state index in [-0.39, 0.29) is 29.7 Å². The Kier molecular flexibility index (Phi) is 5.91. The third kappa shape index (κ3) is 4.30. The number of nitrogens with one attached hydrogen (secondary N) is 1. The number of hydrogen-bond donors (Lipinski definition) is 2. The second-order valence-electron chi connectivity index (χ2n) is 5.57. The molecule has 2 aromatic rings. The van der Waals surface area contributed by atoms with E-state index in [9.17, 15) is 9.59 Å². The third-order valence-electron chi connectivity index (χ3n) is 3.54. The van der Waals surface area contributed by atoms with Crippen molar-refractivity contribution in [3.05, 3.63) is 57.0 Å². The van der Waals surface area contributed by atoms with Crippen LogP contribution in [0.3, 0.4) is 0 Å². The number of aliphatic carboxylic acids is 1. The van der Waals surface area contributed by atoms with E-state index in [0.717, 1.165) is 5.56 Å². The highest BCUT2D eigenvalue weighted by molar-refractivity contribution is 6.36. The van der Waals surface area contributed by atoms with E-state index in [4.69, 9.17) is 32.7 Å². The fourth-order valence-electron chi connectivity index (χ4n) is 2.45. The minimum atomic E-state index is -1.06. The second-order valence-corrected chi connectivity index (χ2v) is 6.38. The Hall–Kier alpha value is -1.98. The summed E-state index contributed by atoms with van der Waals surface area (Å²) in [5.41, 5.74) is 1.60. The molecule has 0 aliphatic rings. The highest BCUT2D eigenvalue weighted by atomic mass is 35.5. The van der Waals surface area contributed by atoms with Crippen molar-refractivity contribution in [1.29, 1.82) is 0 Å². The molecule has 5 nitrogen and oxygen atoms in total. The Morgan fingerprint density at radius 2 is 1.92 bits per heavy atom. The molecule has 0 fully saturated rings. The van der Waals surface area contributed by atoms with Gasteiger partial charge in [-0.15, -0.1) is 0 Å². The average Bonchev–Trinajstić information content (AvgIpc) is 2.83. The zero-order chi connectivity index (χ0) is 17.9. The van der Waals surface area contributed by atoms with Gasteiger partial charge in [0.2, 0.25) is 0 Å². The van der Waals surface area contributed by atoms with E-state index in [1.54, 1.807) is 25.1 Å². The van der Waals surface area contributed by atoms with E-state index in [0.29, 0.717) is 22.0 Å². The molecule has 0 radical (unpaired) electrons. The number of carboxylic acid groups (broad SMARTS) is 1. The molecule has 0 aliphatic heterocycles. The second kappa shape index (κ2) is 7.73. The fourth-order valence-corrected chi connectivity index (χ4v) is 3.00. The molecule has 0 aliphatic carbocycles. The summed E-state index contributed by atoms with van der Waals surface area (Å²) in [6.45, 7) is 3.52. The predicted octanol–water partition coefficient (Wildman–Crippen LogP) is 3.88. The molecule has 0 spiro atoms. The summed E-state index contributed by atoms with van der Waals surface area (Å²) in [5, 5.41) is 12.8. The van der Waals surface area contributed by atoms with Crippen LogP contribution in [-0.2, 0) is 17.6 Å². The lowest BCUT2D eigenvalue weighted by molar-refractivity contribution is -0.136. The summed E-state index contributed by atoms with van der Waals surface area (Å²) in [4.78, 5) is 23.3.